The van der Waals surface area contributed by atoms with Gasteiger partial charge in [-0.05, 0) is 24.3 Å². The molecule has 0 fully saturated rings. The van der Waals surface area contributed by atoms with E-state index in [-0.39, 0.29) is 23.8 Å². The molecule has 1 unspecified atom stereocenters. The van der Waals surface area contributed by atoms with Crippen LogP contribution in [0.2, 0.25) is 0 Å². The standard InChI is InChI=1S/C20H21N5O4.C2H6/c1-25(2)20(27)13-9-12(15(10-21)24-22)7-8-14(13)23-19(26)18-11-28-16-5-3-4-6-17(16)29-18;1-2/h3-10,18,21H,11,22H2,1-2H3,(H,23,26);1-2H3/b21-10?,24-15+;. The summed E-state index contributed by atoms with van der Waals surface area (Å²) in [6.07, 6.45) is 0.122. The number of nitrogens with one attached hydrogen (secondary N) is 2. The van der Waals surface area contributed by atoms with Crippen LogP contribution in [0.1, 0.15) is 29.8 Å². The summed E-state index contributed by atoms with van der Waals surface area (Å²) in [7, 11) is 3.20. The molecule has 3 rings (SSSR count). The van der Waals surface area contributed by atoms with E-state index < -0.39 is 12.0 Å². The van der Waals surface area contributed by atoms with Gasteiger partial charge in [-0.2, -0.15) is 5.10 Å². The maximum atomic E-state index is 12.7. The number of fused-ring (bicyclic) bond motifs is 1. The van der Waals surface area contributed by atoms with Crippen LogP contribution in [-0.2, 0) is 4.79 Å². The maximum Gasteiger partial charge on any atom is 0.269 e. The molecule has 0 radical (unpaired) electrons. The van der Waals surface area contributed by atoms with Gasteiger partial charge in [0.1, 0.15) is 12.3 Å². The normalized spacial score (nSPS) is 14.6. The Morgan fingerprint density at radius 2 is 1.87 bits per heavy atom. The van der Waals surface area contributed by atoms with Gasteiger partial charge in [-0.15, -0.1) is 0 Å². The van der Waals surface area contributed by atoms with Crippen molar-refractivity contribution in [2.24, 2.45) is 10.9 Å². The quantitative estimate of drug-likeness (QED) is 0.385. The highest BCUT2D eigenvalue weighted by Gasteiger charge is 2.28. The van der Waals surface area contributed by atoms with E-state index in [1.807, 2.05) is 19.9 Å². The van der Waals surface area contributed by atoms with E-state index in [1.54, 1.807) is 44.4 Å². The number of hydrogen-bond acceptors (Lipinski definition) is 7. The Kier molecular flexibility index (Phi) is 8.13. The van der Waals surface area contributed by atoms with Crippen LogP contribution in [0.5, 0.6) is 11.5 Å². The summed E-state index contributed by atoms with van der Waals surface area (Å²) in [5, 5.41) is 13.7. The first-order valence-corrected chi connectivity index (χ1v) is 9.78. The number of nitrogens with two attached hydrogens (primary N) is 1. The Balaban J connectivity index is 0.00000166. The van der Waals surface area contributed by atoms with E-state index in [2.05, 4.69) is 10.4 Å². The summed E-state index contributed by atoms with van der Waals surface area (Å²) in [6, 6.07) is 11.8. The molecule has 0 saturated heterocycles. The number of hydrogen-bond donors (Lipinski definition) is 3. The van der Waals surface area contributed by atoms with Crippen molar-refractivity contribution >= 4 is 29.4 Å². The lowest BCUT2D eigenvalue weighted by Crippen LogP contribution is -2.40. The summed E-state index contributed by atoms with van der Waals surface area (Å²) in [6.45, 7) is 4.05. The van der Waals surface area contributed by atoms with Crippen molar-refractivity contribution in [1.82, 2.24) is 4.90 Å². The number of carbonyl (C=O) groups is 2. The predicted octanol–water partition coefficient (Wildman–Crippen LogP) is 2.51. The van der Waals surface area contributed by atoms with Gasteiger partial charge in [-0.3, -0.25) is 9.59 Å². The van der Waals surface area contributed by atoms with Crippen LogP contribution in [0.25, 0.3) is 0 Å². The van der Waals surface area contributed by atoms with E-state index >= 15 is 0 Å². The summed E-state index contributed by atoms with van der Waals surface area (Å²) < 4.78 is 11.3. The van der Waals surface area contributed by atoms with Gasteiger partial charge in [0.05, 0.1) is 11.3 Å². The van der Waals surface area contributed by atoms with Crippen LogP contribution < -0.4 is 20.6 Å². The van der Waals surface area contributed by atoms with E-state index in [4.69, 9.17) is 20.7 Å². The Morgan fingerprint density at radius 3 is 2.48 bits per heavy atom. The van der Waals surface area contributed by atoms with Gasteiger partial charge in [-0.1, -0.05) is 32.0 Å². The number of nitrogens with zero attached hydrogens (tertiary/aromatic N) is 2. The van der Waals surface area contributed by atoms with Crippen LogP contribution >= 0.6 is 0 Å². The predicted molar refractivity (Wildman–Crippen MR) is 120 cm³/mol. The van der Waals surface area contributed by atoms with Crippen LogP contribution in [0.3, 0.4) is 0 Å². The van der Waals surface area contributed by atoms with Gasteiger partial charge in [0.25, 0.3) is 11.8 Å². The molecule has 9 nitrogen and oxygen atoms in total. The number of amides is 2. The maximum absolute atomic E-state index is 12.7. The Hall–Kier alpha value is -3.88. The molecule has 1 aliphatic heterocycles. The number of hydrazone groups is 1. The topological polar surface area (TPSA) is 130 Å². The highest BCUT2D eigenvalue weighted by molar-refractivity contribution is 6.37. The number of ether oxygens (including phenoxy) is 2. The molecular formula is C22H27N5O4. The monoisotopic (exact) mass is 425 g/mol. The van der Waals surface area contributed by atoms with Gasteiger partial charge in [0.2, 0.25) is 6.10 Å². The lowest BCUT2D eigenvalue weighted by atomic mass is 10.0. The molecule has 164 valence electrons. The van der Waals surface area contributed by atoms with Crippen LogP contribution in [0.15, 0.2) is 47.6 Å². The first-order valence-electron chi connectivity index (χ1n) is 9.78. The lowest BCUT2D eigenvalue weighted by Gasteiger charge is -2.26. The zero-order chi connectivity index (χ0) is 23.0. The second-order valence-corrected chi connectivity index (χ2v) is 6.47. The minimum absolute atomic E-state index is 0.0513. The third kappa shape index (κ3) is 5.39. The van der Waals surface area contributed by atoms with Crippen molar-refractivity contribution in [3.05, 3.63) is 53.6 Å². The van der Waals surface area contributed by atoms with Gasteiger partial charge >= 0.3 is 0 Å². The molecule has 0 aliphatic carbocycles. The molecule has 1 atom stereocenters. The summed E-state index contributed by atoms with van der Waals surface area (Å²) in [5.41, 5.74) is 1.23. The SMILES string of the molecule is CC.CN(C)C(=O)c1cc(/C(C=N)=N/N)ccc1NC(=O)C1COc2ccccc2O1. The highest BCUT2D eigenvalue weighted by Crippen LogP contribution is 2.31. The zero-order valence-electron chi connectivity index (χ0n) is 18.0. The molecule has 0 bridgehead atoms. The molecule has 0 aromatic heterocycles. The molecule has 2 amide bonds. The Labute approximate surface area is 181 Å². The molecule has 4 N–H and O–H groups in total. The minimum atomic E-state index is -0.866. The average molecular weight is 425 g/mol. The molecule has 1 heterocycles. The Morgan fingerprint density at radius 1 is 1.19 bits per heavy atom. The number of rotatable bonds is 5. The number of anilines is 1. The first-order chi connectivity index (χ1) is 14.9. The van der Waals surface area contributed by atoms with E-state index in [0.717, 1.165) is 6.21 Å². The third-order valence-corrected chi connectivity index (χ3v) is 4.29. The second kappa shape index (κ2) is 10.8. The third-order valence-electron chi connectivity index (χ3n) is 4.29. The fourth-order valence-corrected chi connectivity index (χ4v) is 2.79. The second-order valence-electron chi connectivity index (χ2n) is 6.47. The molecule has 31 heavy (non-hydrogen) atoms. The first kappa shape index (κ1) is 23.4. The molecule has 0 spiro atoms. The van der Waals surface area contributed by atoms with Gasteiger partial charge in [0.15, 0.2) is 11.5 Å². The van der Waals surface area contributed by atoms with Crippen molar-refractivity contribution in [3.63, 3.8) is 0 Å². The smallest absolute Gasteiger partial charge is 0.269 e. The van der Waals surface area contributed by atoms with Crippen molar-refractivity contribution < 1.29 is 19.1 Å². The summed E-state index contributed by atoms with van der Waals surface area (Å²) >= 11 is 0. The van der Waals surface area contributed by atoms with Crippen molar-refractivity contribution in [3.8, 4) is 11.5 Å². The van der Waals surface area contributed by atoms with Crippen LogP contribution in [0, 0.1) is 5.41 Å². The van der Waals surface area contributed by atoms with E-state index in [0.29, 0.717) is 22.7 Å². The summed E-state index contributed by atoms with van der Waals surface area (Å²) in [4.78, 5) is 26.7. The summed E-state index contributed by atoms with van der Waals surface area (Å²) in [5.74, 6) is 5.58. The highest BCUT2D eigenvalue weighted by atomic mass is 16.6. The van der Waals surface area contributed by atoms with E-state index in [9.17, 15) is 9.59 Å². The molecular weight excluding hydrogens is 398 g/mol. The molecule has 9 heteroatoms. The van der Waals surface area contributed by atoms with Crippen molar-refractivity contribution in [1.29, 1.82) is 5.41 Å². The molecule has 2 aromatic carbocycles. The molecule has 2 aromatic rings. The zero-order valence-corrected chi connectivity index (χ0v) is 18.0. The number of para-hydroxylation sites is 2. The Bertz CT molecular complexity index is 988. The molecule has 0 saturated carbocycles. The average Bonchev–Trinajstić information content (AvgIpc) is 2.81. The van der Waals surface area contributed by atoms with Crippen molar-refractivity contribution in [2.75, 3.05) is 26.0 Å². The van der Waals surface area contributed by atoms with Gasteiger partial charge in [-0.25, -0.2) is 0 Å². The van der Waals surface area contributed by atoms with E-state index in [1.165, 1.54) is 11.0 Å². The van der Waals surface area contributed by atoms with Crippen LogP contribution in [-0.4, -0.2) is 55.4 Å². The largest absolute Gasteiger partial charge is 0.485 e. The fourth-order valence-electron chi connectivity index (χ4n) is 2.79. The fraction of sp³-hybridized carbons (Fsp3) is 0.273. The van der Waals surface area contributed by atoms with Crippen molar-refractivity contribution in [2.45, 2.75) is 20.0 Å². The minimum Gasteiger partial charge on any atom is -0.485 e. The van der Waals surface area contributed by atoms with Gasteiger partial charge in [0, 0.05) is 25.9 Å². The van der Waals surface area contributed by atoms with Crippen LogP contribution in [0.4, 0.5) is 5.69 Å². The number of benzene rings is 2. The molecule has 1 aliphatic rings. The van der Waals surface area contributed by atoms with Gasteiger partial charge < -0.3 is 30.9 Å². The number of carbonyl (C=O) groups excluding carboxylic acids is 2. The lowest BCUT2D eigenvalue weighted by molar-refractivity contribution is -0.125.